The normalized spacial score (nSPS) is 19.6. The van der Waals surface area contributed by atoms with E-state index in [1.54, 1.807) is 10.6 Å². The molecule has 43 heavy (non-hydrogen) atoms. The summed E-state index contributed by atoms with van der Waals surface area (Å²) in [7, 11) is 0. The molecule has 2 aliphatic heterocycles. The fraction of sp³-hybridized carbons (Fsp3) is 0.455. The van der Waals surface area contributed by atoms with Gasteiger partial charge in [-0.15, -0.1) is 0 Å². The zero-order valence-electron chi connectivity index (χ0n) is 24.0. The summed E-state index contributed by atoms with van der Waals surface area (Å²) in [5, 5.41) is 0.986. The molecule has 3 aromatic heterocycles. The topological polar surface area (TPSA) is 87.1 Å². The summed E-state index contributed by atoms with van der Waals surface area (Å²) in [5.41, 5.74) is 3.61. The van der Waals surface area contributed by atoms with Crippen LogP contribution >= 0.6 is 0 Å². The summed E-state index contributed by atoms with van der Waals surface area (Å²) in [6.45, 7) is 2.92. The lowest BCUT2D eigenvalue weighted by molar-refractivity contribution is 0.0400. The molecule has 4 aliphatic rings. The molecule has 8 rings (SSSR count). The van der Waals surface area contributed by atoms with Crippen LogP contribution in [0.15, 0.2) is 41.3 Å². The Morgan fingerprint density at radius 2 is 1.74 bits per heavy atom. The van der Waals surface area contributed by atoms with E-state index in [0.29, 0.717) is 34.3 Å². The third kappa shape index (κ3) is 5.05. The number of halogens is 2. The second-order valence-electron chi connectivity index (χ2n) is 12.7. The summed E-state index contributed by atoms with van der Waals surface area (Å²) < 4.78 is 29.6. The van der Waals surface area contributed by atoms with Crippen molar-refractivity contribution in [3.05, 3.63) is 75.3 Å². The van der Waals surface area contributed by atoms with Gasteiger partial charge in [-0.25, -0.2) is 18.7 Å². The number of carbonyl (C=O) groups excluding carboxylic acids is 1. The Kier molecular flexibility index (Phi) is 6.43. The smallest absolute Gasteiger partial charge is 0.280 e. The van der Waals surface area contributed by atoms with E-state index in [2.05, 4.69) is 16.0 Å². The molecule has 1 N–H and O–H groups in total. The van der Waals surface area contributed by atoms with Crippen molar-refractivity contribution in [1.29, 1.82) is 0 Å². The first-order valence-corrected chi connectivity index (χ1v) is 15.5. The van der Waals surface area contributed by atoms with Crippen LogP contribution in [-0.2, 0) is 6.54 Å². The highest BCUT2D eigenvalue weighted by Crippen LogP contribution is 2.43. The molecule has 4 fully saturated rings. The Hall–Kier alpha value is -3.92. The number of fused-ring (bicyclic) bond motifs is 1. The first-order valence-electron chi connectivity index (χ1n) is 15.5. The zero-order valence-corrected chi connectivity index (χ0v) is 24.0. The molecule has 0 radical (unpaired) electrons. The van der Waals surface area contributed by atoms with Crippen molar-refractivity contribution < 1.29 is 13.6 Å². The lowest BCUT2D eigenvalue weighted by atomic mass is 10.0. The monoisotopic (exact) mass is 584 g/mol. The Labute approximate surface area is 247 Å². The number of hydrogen-bond acceptors (Lipinski definition) is 5. The minimum Gasteiger partial charge on any atom is -0.353 e. The number of pyridine rings is 1. The molecule has 1 aromatic carbocycles. The molecule has 5 heterocycles. The molecule has 222 valence electrons. The number of nitrogens with one attached hydrogen (secondary N) is 1. The standard InChI is InChI=1S/C33H34F2N6O2/c34-21-8-9-24(26(12-21)32(42)40-15-22(35)16-40)28-14-29(38-31(37-28)20-6-7-20)41-18-27(19-4-5-19)25-13-23(36-30(25)33(41)43)17-39-10-2-1-3-11-39/h8-9,12-14,18-20,22,36H,1-7,10-11,15-17H2. The van der Waals surface area contributed by atoms with E-state index >= 15 is 0 Å². The van der Waals surface area contributed by atoms with E-state index in [9.17, 15) is 18.4 Å². The van der Waals surface area contributed by atoms with Crippen LogP contribution in [0.2, 0.25) is 0 Å². The largest absolute Gasteiger partial charge is 0.353 e. The quantitative estimate of drug-likeness (QED) is 0.312. The molecular formula is C33H34F2N6O2. The maximum absolute atomic E-state index is 14.4. The van der Waals surface area contributed by atoms with Gasteiger partial charge in [-0.1, -0.05) is 6.42 Å². The number of aromatic amines is 1. The Balaban J connectivity index is 1.24. The van der Waals surface area contributed by atoms with Gasteiger partial charge in [0.25, 0.3) is 11.5 Å². The molecule has 0 bridgehead atoms. The van der Waals surface area contributed by atoms with Gasteiger partial charge in [0.05, 0.1) is 24.3 Å². The van der Waals surface area contributed by atoms with Gasteiger partial charge < -0.3 is 9.88 Å². The summed E-state index contributed by atoms with van der Waals surface area (Å²) >= 11 is 0. The third-order valence-corrected chi connectivity index (χ3v) is 9.28. The zero-order chi connectivity index (χ0) is 29.2. The average molecular weight is 585 g/mol. The van der Waals surface area contributed by atoms with Crippen LogP contribution in [0.5, 0.6) is 0 Å². The van der Waals surface area contributed by atoms with Crippen molar-refractivity contribution in [3.8, 4) is 17.1 Å². The maximum atomic E-state index is 14.4. The number of aromatic nitrogens is 4. The molecule has 2 aliphatic carbocycles. The van der Waals surface area contributed by atoms with Gasteiger partial charge >= 0.3 is 0 Å². The van der Waals surface area contributed by atoms with Crippen molar-refractivity contribution in [2.45, 2.75) is 69.5 Å². The van der Waals surface area contributed by atoms with Crippen molar-refractivity contribution in [2.75, 3.05) is 26.2 Å². The van der Waals surface area contributed by atoms with Crippen LogP contribution in [0, 0.1) is 5.82 Å². The Morgan fingerprint density at radius 1 is 0.977 bits per heavy atom. The van der Waals surface area contributed by atoms with Gasteiger partial charge in [-0.3, -0.25) is 19.1 Å². The van der Waals surface area contributed by atoms with Gasteiger partial charge in [-0.05, 0) is 87.4 Å². The molecule has 0 spiro atoms. The lowest BCUT2D eigenvalue weighted by Crippen LogP contribution is -2.51. The molecule has 0 unspecified atom stereocenters. The molecule has 0 atom stereocenters. The van der Waals surface area contributed by atoms with Gasteiger partial charge in [0.1, 0.15) is 29.1 Å². The Bertz CT molecular complexity index is 1800. The second-order valence-corrected chi connectivity index (χ2v) is 12.7. The molecule has 2 saturated heterocycles. The van der Waals surface area contributed by atoms with Crippen LogP contribution in [0.4, 0.5) is 8.78 Å². The third-order valence-electron chi connectivity index (χ3n) is 9.28. The number of hydrogen-bond donors (Lipinski definition) is 1. The molecular weight excluding hydrogens is 550 g/mol. The van der Waals surface area contributed by atoms with E-state index in [1.807, 2.05) is 6.20 Å². The number of carbonyl (C=O) groups is 1. The van der Waals surface area contributed by atoms with Crippen molar-refractivity contribution >= 4 is 16.8 Å². The van der Waals surface area contributed by atoms with Crippen LogP contribution in [-0.4, -0.2) is 67.6 Å². The van der Waals surface area contributed by atoms with E-state index in [-0.39, 0.29) is 30.1 Å². The predicted molar refractivity (Wildman–Crippen MR) is 159 cm³/mol. The van der Waals surface area contributed by atoms with Crippen LogP contribution in [0.25, 0.3) is 28.0 Å². The predicted octanol–water partition coefficient (Wildman–Crippen LogP) is 5.45. The SMILES string of the molecule is O=C(c1cc(F)ccc1-c1cc(-n2cc(C3CC3)c3cc(CN4CCCCC4)[nH]c3c2=O)nc(C2CC2)n1)N1CC(F)C1. The average Bonchev–Trinajstić information content (AvgIpc) is 3.93. The molecule has 2 saturated carbocycles. The van der Waals surface area contributed by atoms with Crippen molar-refractivity contribution in [2.24, 2.45) is 0 Å². The highest BCUT2D eigenvalue weighted by molar-refractivity contribution is 6.01. The van der Waals surface area contributed by atoms with Crippen molar-refractivity contribution in [3.63, 3.8) is 0 Å². The number of amides is 1. The van der Waals surface area contributed by atoms with E-state index in [1.165, 1.54) is 42.4 Å². The van der Waals surface area contributed by atoms with Gasteiger partial charge in [0.2, 0.25) is 0 Å². The molecule has 4 aromatic rings. The first kappa shape index (κ1) is 26.7. The number of alkyl halides is 1. The number of nitrogens with zero attached hydrogens (tertiary/aromatic N) is 5. The van der Waals surface area contributed by atoms with Gasteiger partial charge in [0, 0.05) is 41.4 Å². The minimum absolute atomic E-state index is 0.00756. The summed E-state index contributed by atoms with van der Waals surface area (Å²) in [6.07, 6.45) is 8.60. The van der Waals surface area contributed by atoms with E-state index in [0.717, 1.165) is 62.0 Å². The number of rotatable bonds is 7. The van der Waals surface area contributed by atoms with Crippen molar-refractivity contribution in [1.82, 2.24) is 29.3 Å². The number of piperidine rings is 1. The number of likely N-dealkylation sites (tertiary alicyclic amines) is 2. The highest BCUT2D eigenvalue weighted by Gasteiger charge is 2.34. The highest BCUT2D eigenvalue weighted by atomic mass is 19.1. The van der Waals surface area contributed by atoms with Crippen LogP contribution < -0.4 is 5.56 Å². The second kappa shape index (κ2) is 10.4. The lowest BCUT2D eigenvalue weighted by Gasteiger charge is -2.34. The van der Waals surface area contributed by atoms with Crippen LogP contribution in [0.1, 0.15) is 84.2 Å². The summed E-state index contributed by atoms with van der Waals surface area (Å²) in [5.74, 6) is 0.630. The molecule has 10 heteroatoms. The fourth-order valence-corrected chi connectivity index (χ4v) is 6.54. The van der Waals surface area contributed by atoms with E-state index in [4.69, 9.17) is 9.97 Å². The first-order chi connectivity index (χ1) is 20.9. The maximum Gasteiger partial charge on any atom is 0.280 e. The summed E-state index contributed by atoms with van der Waals surface area (Å²) in [4.78, 5) is 44.3. The Morgan fingerprint density at radius 3 is 2.47 bits per heavy atom. The van der Waals surface area contributed by atoms with Crippen LogP contribution in [0.3, 0.4) is 0 Å². The molecule has 1 amide bonds. The molecule has 8 nitrogen and oxygen atoms in total. The fourth-order valence-electron chi connectivity index (χ4n) is 6.54. The van der Waals surface area contributed by atoms with Gasteiger partial charge in [0.15, 0.2) is 0 Å². The number of benzene rings is 1. The number of H-pyrrole nitrogens is 1. The van der Waals surface area contributed by atoms with Gasteiger partial charge in [-0.2, -0.15) is 0 Å². The van der Waals surface area contributed by atoms with E-state index < -0.39 is 17.9 Å². The summed E-state index contributed by atoms with van der Waals surface area (Å²) in [6, 6.07) is 7.89. The minimum atomic E-state index is -1.07.